The highest BCUT2D eigenvalue weighted by molar-refractivity contribution is 9.10. The van der Waals surface area contributed by atoms with E-state index in [9.17, 15) is 14.7 Å². The van der Waals surface area contributed by atoms with E-state index in [0.717, 1.165) is 15.6 Å². The number of carbonyl (C=O) groups is 2. The maximum atomic E-state index is 12.6. The number of hydrogen-bond donors (Lipinski definition) is 2. The molecule has 144 valence electrons. The second-order valence-electron chi connectivity index (χ2n) is 7.45. The van der Waals surface area contributed by atoms with E-state index in [0.29, 0.717) is 16.1 Å². The molecule has 1 aromatic heterocycles. The number of thiophene rings is 1. The Morgan fingerprint density at radius 1 is 1.00 bits per heavy atom. The number of anilines is 1. The van der Waals surface area contributed by atoms with E-state index >= 15 is 0 Å². The number of amides is 1. The molecule has 1 amide bonds. The first-order chi connectivity index (χ1) is 13.2. The van der Waals surface area contributed by atoms with Gasteiger partial charge in [-0.05, 0) is 40.8 Å². The molecule has 4 nitrogen and oxygen atoms in total. The van der Waals surface area contributed by atoms with Crippen LogP contribution in [0.15, 0.2) is 58.4 Å². The fraction of sp³-hybridized carbons (Fsp3) is 0.182. The van der Waals surface area contributed by atoms with Crippen LogP contribution >= 0.6 is 27.3 Å². The lowest BCUT2D eigenvalue weighted by Crippen LogP contribution is -2.15. The van der Waals surface area contributed by atoms with Gasteiger partial charge in [0.25, 0.3) is 5.91 Å². The number of carboxylic acid groups (broad SMARTS) is 1. The van der Waals surface area contributed by atoms with Crippen LogP contribution in [0.3, 0.4) is 0 Å². The van der Waals surface area contributed by atoms with Crippen LogP contribution in [0.1, 0.15) is 47.1 Å². The van der Waals surface area contributed by atoms with E-state index in [1.165, 1.54) is 11.3 Å². The summed E-state index contributed by atoms with van der Waals surface area (Å²) in [6.45, 7) is 6.32. The summed E-state index contributed by atoms with van der Waals surface area (Å²) in [7, 11) is 0. The standard InChI is InChI=1S/C22H20BrNO3S/c1-22(2,3)15-8-4-14(5-9-15)19(25)24-20-18(21(26)27)17(12-28-20)13-6-10-16(23)11-7-13/h4-12H,1-3H3,(H,24,25)(H,26,27). The first-order valence-corrected chi connectivity index (χ1v) is 10.4. The molecule has 0 spiro atoms. The van der Waals surface area contributed by atoms with Crippen LogP contribution < -0.4 is 5.32 Å². The van der Waals surface area contributed by atoms with Crippen LogP contribution in [0.5, 0.6) is 0 Å². The number of carboxylic acids is 1. The van der Waals surface area contributed by atoms with Crippen molar-refractivity contribution in [2.45, 2.75) is 26.2 Å². The Morgan fingerprint density at radius 2 is 1.61 bits per heavy atom. The van der Waals surface area contributed by atoms with Gasteiger partial charge in [0.05, 0.1) is 0 Å². The highest BCUT2D eigenvalue weighted by Crippen LogP contribution is 2.36. The topological polar surface area (TPSA) is 66.4 Å². The molecule has 0 fully saturated rings. The van der Waals surface area contributed by atoms with Crippen molar-refractivity contribution >= 4 is 44.1 Å². The Balaban J connectivity index is 1.89. The third-order valence-electron chi connectivity index (χ3n) is 4.40. The van der Waals surface area contributed by atoms with Crippen molar-refractivity contribution in [1.29, 1.82) is 0 Å². The van der Waals surface area contributed by atoms with Gasteiger partial charge in [0, 0.05) is 21.0 Å². The van der Waals surface area contributed by atoms with Crippen molar-refractivity contribution in [1.82, 2.24) is 0 Å². The fourth-order valence-corrected chi connectivity index (χ4v) is 4.02. The first-order valence-electron chi connectivity index (χ1n) is 8.69. The van der Waals surface area contributed by atoms with Crippen LogP contribution in [0.4, 0.5) is 5.00 Å². The van der Waals surface area contributed by atoms with Gasteiger partial charge in [0.2, 0.25) is 0 Å². The Kier molecular flexibility index (Phi) is 5.72. The number of halogens is 1. The number of aromatic carboxylic acids is 1. The van der Waals surface area contributed by atoms with Crippen LogP contribution in [-0.2, 0) is 5.41 Å². The molecule has 0 radical (unpaired) electrons. The average Bonchev–Trinajstić information content (AvgIpc) is 3.05. The second kappa shape index (κ2) is 7.89. The summed E-state index contributed by atoms with van der Waals surface area (Å²) in [6.07, 6.45) is 0. The van der Waals surface area contributed by atoms with Crippen molar-refractivity contribution in [3.05, 3.63) is 75.1 Å². The number of nitrogens with one attached hydrogen (secondary N) is 1. The van der Waals surface area contributed by atoms with Crippen molar-refractivity contribution in [2.24, 2.45) is 0 Å². The van der Waals surface area contributed by atoms with E-state index in [1.54, 1.807) is 17.5 Å². The lowest BCUT2D eigenvalue weighted by atomic mass is 9.87. The number of benzene rings is 2. The van der Waals surface area contributed by atoms with E-state index in [1.807, 2.05) is 36.4 Å². The minimum absolute atomic E-state index is 0.00118. The zero-order chi connectivity index (χ0) is 20.5. The lowest BCUT2D eigenvalue weighted by Gasteiger charge is -2.19. The van der Waals surface area contributed by atoms with Gasteiger partial charge >= 0.3 is 5.97 Å². The van der Waals surface area contributed by atoms with Gasteiger partial charge in [-0.25, -0.2) is 4.79 Å². The molecule has 1 heterocycles. The van der Waals surface area contributed by atoms with Crippen LogP contribution in [0, 0.1) is 0 Å². The molecular formula is C22H20BrNO3S. The van der Waals surface area contributed by atoms with Gasteiger partial charge in [-0.15, -0.1) is 11.3 Å². The number of carbonyl (C=O) groups excluding carboxylic acids is 1. The number of hydrogen-bond acceptors (Lipinski definition) is 3. The maximum absolute atomic E-state index is 12.6. The molecule has 3 rings (SSSR count). The molecule has 0 aliphatic heterocycles. The summed E-state index contributed by atoms with van der Waals surface area (Å²) in [5.41, 5.74) is 3.09. The maximum Gasteiger partial charge on any atom is 0.339 e. The summed E-state index contributed by atoms with van der Waals surface area (Å²) in [4.78, 5) is 24.5. The van der Waals surface area contributed by atoms with Gasteiger partial charge in [-0.1, -0.05) is 61.0 Å². The molecule has 0 atom stereocenters. The van der Waals surface area contributed by atoms with Crippen LogP contribution in [0.25, 0.3) is 11.1 Å². The molecule has 2 N–H and O–H groups in total. The molecule has 0 saturated heterocycles. The van der Waals surface area contributed by atoms with Crippen molar-refractivity contribution in [2.75, 3.05) is 5.32 Å². The summed E-state index contributed by atoms with van der Waals surface area (Å²) in [6, 6.07) is 14.8. The Hall–Kier alpha value is -2.44. The number of rotatable bonds is 4. The minimum Gasteiger partial charge on any atom is -0.478 e. The van der Waals surface area contributed by atoms with Crippen molar-refractivity contribution in [3.8, 4) is 11.1 Å². The van der Waals surface area contributed by atoms with E-state index in [-0.39, 0.29) is 16.9 Å². The van der Waals surface area contributed by atoms with Crippen molar-refractivity contribution < 1.29 is 14.7 Å². The van der Waals surface area contributed by atoms with Crippen LogP contribution in [0.2, 0.25) is 0 Å². The zero-order valence-electron chi connectivity index (χ0n) is 15.7. The first kappa shape index (κ1) is 20.3. The third-order valence-corrected chi connectivity index (χ3v) is 5.82. The van der Waals surface area contributed by atoms with Gasteiger partial charge in [0.1, 0.15) is 10.6 Å². The zero-order valence-corrected chi connectivity index (χ0v) is 18.1. The average molecular weight is 458 g/mol. The molecule has 0 unspecified atom stereocenters. The molecule has 0 aliphatic rings. The van der Waals surface area contributed by atoms with Gasteiger partial charge in [-0.3, -0.25) is 4.79 Å². The summed E-state index contributed by atoms with van der Waals surface area (Å²) >= 11 is 4.59. The van der Waals surface area contributed by atoms with E-state index in [2.05, 4.69) is 42.0 Å². The van der Waals surface area contributed by atoms with Gasteiger partial charge < -0.3 is 10.4 Å². The summed E-state index contributed by atoms with van der Waals surface area (Å²) in [5, 5.41) is 14.5. The van der Waals surface area contributed by atoms with E-state index < -0.39 is 5.97 Å². The molecule has 6 heteroatoms. The minimum atomic E-state index is -1.07. The molecule has 2 aromatic carbocycles. The lowest BCUT2D eigenvalue weighted by molar-refractivity contribution is 0.0699. The SMILES string of the molecule is CC(C)(C)c1ccc(C(=O)Nc2scc(-c3ccc(Br)cc3)c2C(=O)O)cc1. The summed E-state index contributed by atoms with van der Waals surface area (Å²) < 4.78 is 0.913. The van der Waals surface area contributed by atoms with Crippen molar-refractivity contribution in [3.63, 3.8) is 0 Å². The molecule has 3 aromatic rings. The van der Waals surface area contributed by atoms with Crippen LogP contribution in [-0.4, -0.2) is 17.0 Å². The fourth-order valence-electron chi connectivity index (χ4n) is 2.80. The Labute approximate surface area is 176 Å². The smallest absolute Gasteiger partial charge is 0.339 e. The highest BCUT2D eigenvalue weighted by Gasteiger charge is 2.22. The molecule has 28 heavy (non-hydrogen) atoms. The molecule has 0 saturated carbocycles. The predicted molar refractivity (Wildman–Crippen MR) is 118 cm³/mol. The summed E-state index contributed by atoms with van der Waals surface area (Å²) in [5.74, 6) is -1.40. The Bertz CT molecular complexity index is 1020. The van der Waals surface area contributed by atoms with Gasteiger partial charge in [0.15, 0.2) is 0 Å². The molecule has 0 bridgehead atoms. The largest absolute Gasteiger partial charge is 0.478 e. The van der Waals surface area contributed by atoms with Gasteiger partial charge in [-0.2, -0.15) is 0 Å². The molecular weight excluding hydrogens is 438 g/mol. The normalized spacial score (nSPS) is 11.3. The monoisotopic (exact) mass is 457 g/mol. The van der Waals surface area contributed by atoms with E-state index in [4.69, 9.17) is 0 Å². The second-order valence-corrected chi connectivity index (χ2v) is 9.24. The highest BCUT2D eigenvalue weighted by atomic mass is 79.9. The quantitative estimate of drug-likeness (QED) is 0.474. The Morgan fingerprint density at radius 3 is 2.14 bits per heavy atom. The predicted octanol–water partition coefficient (Wildman–Crippen LogP) is 6.43. The third kappa shape index (κ3) is 4.34. The molecule has 0 aliphatic carbocycles.